The van der Waals surface area contributed by atoms with Crippen molar-refractivity contribution < 1.29 is 23.1 Å². The third-order valence-corrected chi connectivity index (χ3v) is 6.26. The summed E-state index contributed by atoms with van der Waals surface area (Å²) in [6.45, 7) is 0. The maximum absolute atomic E-state index is 13.2. The second-order valence-corrected chi connectivity index (χ2v) is 9.25. The van der Waals surface area contributed by atoms with E-state index in [1.807, 2.05) is 0 Å². The Balaban J connectivity index is 1.63. The number of aromatic nitrogens is 3. The van der Waals surface area contributed by atoms with Gasteiger partial charge in [0.2, 0.25) is 0 Å². The fraction of sp³-hybridized carbons (Fsp3) is 0.125. The molecule has 1 unspecified atom stereocenters. The summed E-state index contributed by atoms with van der Waals surface area (Å²) in [6.07, 6.45) is -1.80. The lowest BCUT2D eigenvalue weighted by atomic mass is 10.1. The van der Waals surface area contributed by atoms with Crippen LogP contribution in [0.1, 0.15) is 38.7 Å². The largest absolute Gasteiger partial charge is 0.417 e. The van der Waals surface area contributed by atoms with Crippen LogP contribution in [0, 0.1) is 0 Å². The Hall–Kier alpha value is -2.92. The molecule has 0 spiro atoms. The third kappa shape index (κ3) is 5.73. The molecule has 2 N–H and O–H groups in total. The first-order valence-corrected chi connectivity index (χ1v) is 12.0. The molecular formula is C24H16BrCl2F3N4O2. The summed E-state index contributed by atoms with van der Waals surface area (Å²) < 4.78 is 41.5. The number of nitrogens with zero attached hydrogens (tertiary/aromatic N) is 3. The van der Waals surface area contributed by atoms with E-state index in [1.54, 1.807) is 30.3 Å². The van der Waals surface area contributed by atoms with Crippen LogP contribution in [0.2, 0.25) is 5.02 Å². The number of aliphatic hydroxyl groups is 1. The molecule has 0 saturated carbocycles. The van der Waals surface area contributed by atoms with E-state index >= 15 is 0 Å². The third-order valence-electron chi connectivity index (χ3n) is 5.19. The number of amides is 1. The fourth-order valence-electron chi connectivity index (χ4n) is 3.41. The molecule has 6 nitrogen and oxygen atoms in total. The van der Waals surface area contributed by atoms with Gasteiger partial charge in [0.05, 0.1) is 22.5 Å². The van der Waals surface area contributed by atoms with Crippen LogP contribution < -0.4 is 5.32 Å². The van der Waals surface area contributed by atoms with Crippen molar-refractivity contribution in [1.29, 1.82) is 0 Å². The lowest BCUT2D eigenvalue weighted by Crippen LogP contribution is -2.16. The quantitative estimate of drug-likeness (QED) is 0.240. The van der Waals surface area contributed by atoms with Crippen molar-refractivity contribution in [1.82, 2.24) is 14.8 Å². The number of alkyl halides is 4. The molecule has 0 aliphatic heterocycles. The number of anilines is 1. The summed E-state index contributed by atoms with van der Waals surface area (Å²) in [4.78, 5) is 17.0. The Morgan fingerprint density at radius 2 is 1.94 bits per heavy atom. The number of benzene rings is 2. The van der Waals surface area contributed by atoms with E-state index in [0.29, 0.717) is 10.0 Å². The van der Waals surface area contributed by atoms with E-state index in [9.17, 15) is 23.1 Å². The molecule has 1 atom stereocenters. The molecule has 2 aromatic heterocycles. The van der Waals surface area contributed by atoms with Crippen LogP contribution in [0.15, 0.2) is 71.6 Å². The van der Waals surface area contributed by atoms with E-state index in [1.165, 1.54) is 29.3 Å². The van der Waals surface area contributed by atoms with Crippen LogP contribution in [0.5, 0.6) is 0 Å². The topological polar surface area (TPSA) is 80.0 Å². The summed E-state index contributed by atoms with van der Waals surface area (Å²) in [5, 5.41) is 17.4. The first-order valence-electron chi connectivity index (χ1n) is 10.3. The van der Waals surface area contributed by atoms with Gasteiger partial charge >= 0.3 is 6.18 Å². The minimum atomic E-state index is -4.64. The van der Waals surface area contributed by atoms with Gasteiger partial charge in [0, 0.05) is 39.4 Å². The fourth-order valence-corrected chi connectivity index (χ4v) is 4.15. The zero-order valence-electron chi connectivity index (χ0n) is 18.1. The van der Waals surface area contributed by atoms with Crippen molar-refractivity contribution in [2.45, 2.75) is 18.2 Å². The molecule has 0 aliphatic rings. The van der Waals surface area contributed by atoms with Gasteiger partial charge in [-0.25, -0.2) is 9.67 Å². The number of pyridine rings is 1. The highest BCUT2D eigenvalue weighted by Crippen LogP contribution is 2.36. The van der Waals surface area contributed by atoms with Crippen molar-refractivity contribution in [2.75, 3.05) is 5.32 Å². The lowest BCUT2D eigenvalue weighted by molar-refractivity contribution is -0.137. The average molecular weight is 600 g/mol. The minimum Gasteiger partial charge on any atom is -0.383 e. The van der Waals surface area contributed by atoms with Gasteiger partial charge in [0.25, 0.3) is 5.91 Å². The lowest BCUT2D eigenvalue weighted by Gasteiger charge is -2.15. The standard InChI is InChI=1S/C24H16BrCl2F3N4O2/c25-16-7-18(22(31-11-16)33-23(36)14-3-1-2-13(6-14)9-26)21(35)15-10-32-34(12-15)17-4-5-20(27)19(8-17)24(28,29)30/h1-8,10-12,21,35H,9H2,(H,31,33,36). The van der Waals surface area contributed by atoms with Gasteiger partial charge in [-0.1, -0.05) is 23.7 Å². The Morgan fingerprint density at radius 1 is 1.17 bits per heavy atom. The maximum atomic E-state index is 13.2. The molecule has 12 heteroatoms. The zero-order chi connectivity index (χ0) is 26.0. The average Bonchev–Trinajstić information content (AvgIpc) is 3.34. The van der Waals surface area contributed by atoms with Gasteiger partial charge in [-0.15, -0.1) is 11.6 Å². The summed E-state index contributed by atoms with van der Waals surface area (Å²) in [7, 11) is 0. The molecule has 0 aliphatic carbocycles. The molecule has 186 valence electrons. The van der Waals surface area contributed by atoms with Gasteiger partial charge in [-0.2, -0.15) is 18.3 Å². The molecule has 4 rings (SSSR count). The molecule has 36 heavy (non-hydrogen) atoms. The Morgan fingerprint density at radius 3 is 2.67 bits per heavy atom. The number of carbonyl (C=O) groups excluding carboxylic acids is 1. The van der Waals surface area contributed by atoms with E-state index in [2.05, 4.69) is 31.3 Å². The van der Waals surface area contributed by atoms with E-state index in [-0.39, 0.29) is 28.5 Å². The van der Waals surface area contributed by atoms with Crippen LogP contribution in [0.3, 0.4) is 0 Å². The Kier molecular flexibility index (Phi) is 7.70. The number of halogens is 6. The first kappa shape index (κ1) is 26.2. The van der Waals surface area contributed by atoms with E-state index in [4.69, 9.17) is 23.2 Å². The van der Waals surface area contributed by atoms with E-state index in [0.717, 1.165) is 17.7 Å². The van der Waals surface area contributed by atoms with Crippen molar-refractivity contribution in [2.24, 2.45) is 0 Å². The van der Waals surface area contributed by atoms with Crippen molar-refractivity contribution in [3.05, 3.63) is 104 Å². The Labute approximate surface area is 221 Å². The number of rotatable bonds is 6. The highest BCUT2D eigenvalue weighted by molar-refractivity contribution is 9.10. The highest BCUT2D eigenvalue weighted by Gasteiger charge is 2.33. The summed E-state index contributed by atoms with van der Waals surface area (Å²) in [5.74, 6) is -0.115. The highest BCUT2D eigenvalue weighted by atomic mass is 79.9. The smallest absolute Gasteiger partial charge is 0.383 e. The zero-order valence-corrected chi connectivity index (χ0v) is 21.2. The number of carbonyl (C=O) groups is 1. The summed E-state index contributed by atoms with van der Waals surface area (Å²) in [6, 6.07) is 11.7. The number of hydrogen-bond acceptors (Lipinski definition) is 4. The maximum Gasteiger partial charge on any atom is 0.417 e. The second-order valence-electron chi connectivity index (χ2n) is 7.66. The molecule has 0 fully saturated rings. The van der Waals surface area contributed by atoms with Crippen LogP contribution in [-0.2, 0) is 12.1 Å². The summed E-state index contributed by atoms with van der Waals surface area (Å²) in [5.41, 5.74) is 0.728. The molecule has 4 aromatic rings. The monoisotopic (exact) mass is 598 g/mol. The molecule has 1 amide bonds. The van der Waals surface area contributed by atoms with Gasteiger partial charge in [0.1, 0.15) is 11.9 Å². The van der Waals surface area contributed by atoms with Gasteiger partial charge in [0.15, 0.2) is 0 Å². The van der Waals surface area contributed by atoms with Gasteiger partial charge in [-0.05, 0) is 57.9 Å². The summed E-state index contributed by atoms with van der Waals surface area (Å²) >= 11 is 14.8. The Bertz CT molecular complexity index is 1430. The molecule has 2 aromatic carbocycles. The second kappa shape index (κ2) is 10.6. The van der Waals surface area contributed by atoms with Crippen LogP contribution in [0.25, 0.3) is 5.69 Å². The minimum absolute atomic E-state index is 0.102. The van der Waals surface area contributed by atoms with Crippen LogP contribution in [0.4, 0.5) is 19.0 Å². The van der Waals surface area contributed by atoms with Crippen LogP contribution >= 0.6 is 39.1 Å². The van der Waals surface area contributed by atoms with Gasteiger partial charge < -0.3 is 10.4 Å². The molecule has 0 bridgehead atoms. The molecule has 0 radical (unpaired) electrons. The van der Waals surface area contributed by atoms with Gasteiger partial charge in [-0.3, -0.25) is 4.79 Å². The van der Waals surface area contributed by atoms with Crippen molar-refractivity contribution in [3.8, 4) is 5.69 Å². The van der Waals surface area contributed by atoms with E-state index < -0.39 is 28.8 Å². The van der Waals surface area contributed by atoms with Crippen molar-refractivity contribution in [3.63, 3.8) is 0 Å². The normalized spacial score (nSPS) is 12.4. The molecular weight excluding hydrogens is 584 g/mol. The SMILES string of the molecule is O=C(Nc1ncc(Br)cc1C(O)c1cnn(-c2ccc(Cl)c(C(F)(F)F)c2)c1)c1cccc(CCl)c1. The first-order chi connectivity index (χ1) is 17.1. The number of hydrogen-bond donors (Lipinski definition) is 2. The predicted octanol–water partition coefficient (Wildman–Crippen LogP) is 6.77. The van der Waals surface area contributed by atoms with Crippen molar-refractivity contribution >= 4 is 50.9 Å². The predicted molar refractivity (Wildman–Crippen MR) is 134 cm³/mol. The number of aliphatic hydroxyl groups excluding tert-OH is 1. The molecule has 2 heterocycles. The molecule has 0 saturated heterocycles. The van der Waals surface area contributed by atoms with Crippen LogP contribution in [-0.4, -0.2) is 25.8 Å². The number of nitrogens with one attached hydrogen (secondary N) is 1.